The molecule has 0 saturated carbocycles. The Bertz CT molecular complexity index is 1280. The number of hydrogen-bond donors (Lipinski definition) is 2. The van der Waals surface area contributed by atoms with Crippen LogP contribution in [0.4, 0.5) is 32.1 Å². The summed E-state index contributed by atoms with van der Waals surface area (Å²) in [6, 6.07) is 13.7. The highest BCUT2D eigenvalue weighted by atomic mass is 19.2. The number of aryl methyl sites for hydroxylation is 2. The van der Waals surface area contributed by atoms with E-state index in [-0.39, 0.29) is 0 Å². The van der Waals surface area contributed by atoms with Gasteiger partial charge >= 0.3 is 0 Å². The van der Waals surface area contributed by atoms with Crippen molar-refractivity contribution in [3.63, 3.8) is 0 Å². The van der Waals surface area contributed by atoms with Crippen LogP contribution in [0.5, 0.6) is 5.75 Å². The van der Waals surface area contributed by atoms with Gasteiger partial charge in [0, 0.05) is 53.5 Å². The van der Waals surface area contributed by atoms with Gasteiger partial charge in [0.2, 0.25) is 11.9 Å². The first-order chi connectivity index (χ1) is 15.5. The minimum atomic E-state index is -0.887. The van der Waals surface area contributed by atoms with E-state index in [1.165, 1.54) is 6.07 Å². The van der Waals surface area contributed by atoms with Crippen LogP contribution in [0.25, 0.3) is 11.3 Å². The van der Waals surface area contributed by atoms with Crippen LogP contribution in [0, 0.1) is 18.6 Å². The van der Waals surface area contributed by atoms with E-state index in [2.05, 4.69) is 20.4 Å². The van der Waals surface area contributed by atoms with Crippen LogP contribution < -0.4 is 15.0 Å². The van der Waals surface area contributed by atoms with Crippen molar-refractivity contribution < 1.29 is 13.5 Å². The van der Waals surface area contributed by atoms with Crippen molar-refractivity contribution >= 4 is 23.3 Å². The third-order valence-corrected chi connectivity index (χ3v) is 5.44. The number of hydrogen-bond acceptors (Lipinski definition) is 5. The second kappa shape index (κ2) is 7.99. The predicted octanol–water partition coefficient (Wildman–Crippen LogP) is 5.15. The summed E-state index contributed by atoms with van der Waals surface area (Å²) in [7, 11) is 1.63. The summed E-state index contributed by atoms with van der Waals surface area (Å²) < 4.78 is 34.5. The van der Waals surface area contributed by atoms with E-state index < -0.39 is 11.6 Å². The highest BCUT2D eigenvalue weighted by Gasteiger charge is 2.23. The molecule has 1 aliphatic rings. The zero-order valence-electron chi connectivity index (χ0n) is 17.7. The molecule has 0 fully saturated rings. The van der Waals surface area contributed by atoms with Crippen molar-refractivity contribution in [2.24, 2.45) is 0 Å². The van der Waals surface area contributed by atoms with Crippen molar-refractivity contribution in [2.75, 3.05) is 23.9 Å². The molecule has 1 aliphatic heterocycles. The van der Waals surface area contributed by atoms with Gasteiger partial charge in [-0.15, -0.1) is 5.10 Å². The van der Waals surface area contributed by atoms with Crippen molar-refractivity contribution in [2.45, 2.75) is 19.9 Å². The predicted molar refractivity (Wildman–Crippen MR) is 119 cm³/mol. The maximum atomic E-state index is 13.8. The molecule has 0 unspecified atom stereocenters. The van der Waals surface area contributed by atoms with Crippen LogP contribution in [0.15, 0.2) is 48.5 Å². The number of rotatable bonds is 5. The lowest BCUT2D eigenvalue weighted by molar-refractivity contribution is 0.416. The Morgan fingerprint density at radius 1 is 1.03 bits per heavy atom. The lowest BCUT2D eigenvalue weighted by Crippen LogP contribution is -2.28. The van der Waals surface area contributed by atoms with Gasteiger partial charge in [-0.25, -0.2) is 13.5 Å². The maximum absolute atomic E-state index is 13.8. The number of anilines is 4. The molecule has 5 rings (SSSR count). The molecule has 0 atom stereocenters. The fraction of sp³-hybridized carbons (Fsp3) is 0.217. The van der Waals surface area contributed by atoms with E-state index in [1.54, 1.807) is 17.9 Å². The number of H-pyrrole nitrogens is 1. The van der Waals surface area contributed by atoms with Gasteiger partial charge in [0.1, 0.15) is 5.75 Å². The number of nitrogens with one attached hydrogen (secondary N) is 2. The van der Waals surface area contributed by atoms with Gasteiger partial charge in [0.05, 0.1) is 7.11 Å². The molecule has 32 heavy (non-hydrogen) atoms. The van der Waals surface area contributed by atoms with E-state index in [0.29, 0.717) is 36.4 Å². The zero-order valence-corrected chi connectivity index (χ0v) is 17.7. The molecule has 164 valence electrons. The number of methoxy groups -OCH3 is 1. The standard InChI is InChI=1S/C23H22F2N6O/c1-14-4-9-20(26-14)17-7-5-15(12-21(17)32-2)27-22-28-23-30(10-3-11-31(23)29-22)16-6-8-18(24)19(25)13-16/h4-9,12-13,26H,3,10-11H2,1-2H3,(H,27,29). The second-order valence-electron chi connectivity index (χ2n) is 7.66. The quantitative estimate of drug-likeness (QED) is 0.453. The third kappa shape index (κ3) is 3.66. The summed E-state index contributed by atoms with van der Waals surface area (Å²) in [4.78, 5) is 9.75. The molecule has 3 heterocycles. The number of ether oxygens (including phenoxy) is 1. The first kappa shape index (κ1) is 20.0. The largest absolute Gasteiger partial charge is 0.496 e. The fourth-order valence-electron chi connectivity index (χ4n) is 3.89. The van der Waals surface area contributed by atoms with Gasteiger partial charge in [-0.2, -0.15) is 4.98 Å². The summed E-state index contributed by atoms with van der Waals surface area (Å²) in [6.07, 6.45) is 0.812. The summed E-state index contributed by atoms with van der Waals surface area (Å²) >= 11 is 0. The summed E-state index contributed by atoms with van der Waals surface area (Å²) in [5.41, 5.74) is 4.31. The first-order valence-electron chi connectivity index (χ1n) is 10.3. The smallest absolute Gasteiger partial charge is 0.248 e. The van der Waals surface area contributed by atoms with E-state index >= 15 is 0 Å². The second-order valence-corrected chi connectivity index (χ2v) is 7.66. The van der Waals surface area contributed by atoms with E-state index in [0.717, 1.165) is 35.1 Å². The maximum Gasteiger partial charge on any atom is 0.248 e. The molecule has 7 nitrogen and oxygen atoms in total. The van der Waals surface area contributed by atoms with Crippen LogP contribution in [-0.2, 0) is 6.54 Å². The number of nitrogens with zero attached hydrogens (tertiary/aromatic N) is 4. The molecule has 2 aromatic carbocycles. The van der Waals surface area contributed by atoms with Gasteiger partial charge in [-0.3, -0.25) is 0 Å². The molecule has 0 aliphatic carbocycles. The molecule has 0 saturated heterocycles. The Labute approximate surface area is 183 Å². The highest BCUT2D eigenvalue weighted by Crippen LogP contribution is 2.34. The van der Waals surface area contributed by atoms with Gasteiger partial charge in [-0.1, -0.05) is 0 Å². The van der Waals surface area contributed by atoms with Crippen LogP contribution in [0.3, 0.4) is 0 Å². The number of aromatic nitrogens is 4. The van der Waals surface area contributed by atoms with Gasteiger partial charge in [-0.05, 0) is 49.7 Å². The summed E-state index contributed by atoms with van der Waals surface area (Å²) in [5, 5.41) is 7.76. The monoisotopic (exact) mass is 436 g/mol. The molecular formula is C23H22F2N6O. The Hall–Kier alpha value is -3.88. The Morgan fingerprint density at radius 2 is 1.91 bits per heavy atom. The Morgan fingerprint density at radius 3 is 2.66 bits per heavy atom. The molecule has 0 amide bonds. The number of halogens is 2. The minimum absolute atomic E-state index is 0.417. The number of benzene rings is 2. The van der Waals surface area contributed by atoms with Crippen LogP contribution >= 0.6 is 0 Å². The molecule has 0 bridgehead atoms. The lowest BCUT2D eigenvalue weighted by atomic mass is 10.1. The van der Waals surface area contributed by atoms with Gasteiger partial charge < -0.3 is 19.9 Å². The van der Waals surface area contributed by atoms with Crippen molar-refractivity contribution in [3.8, 4) is 17.0 Å². The summed E-state index contributed by atoms with van der Waals surface area (Å²) in [6.45, 7) is 3.33. The fourth-order valence-corrected chi connectivity index (χ4v) is 3.89. The Kier molecular flexibility index (Phi) is 5.01. The zero-order chi connectivity index (χ0) is 22.2. The van der Waals surface area contributed by atoms with E-state index in [4.69, 9.17) is 4.74 Å². The van der Waals surface area contributed by atoms with Gasteiger partial charge in [0.25, 0.3) is 0 Å². The number of fused-ring (bicyclic) bond motifs is 1. The normalized spacial score (nSPS) is 13.2. The molecule has 2 N–H and O–H groups in total. The highest BCUT2D eigenvalue weighted by molar-refractivity contribution is 5.72. The van der Waals surface area contributed by atoms with E-state index in [9.17, 15) is 8.78 Å². The first-order valence-corrected chi connectivity index (χ1v) is 10.3. The van der Waals surface area contributed by atoms with E-state index in [1.807, 2.05) is 42.2 Å². The van der Waals surface area contributed by atoms with Crippen LogP contribution in [-0.4, -0.2) is 33.4 Å². The molecule has 9 heteroatoms. The van der Waals surface area contributed by atoms with Crippen molar-refractivity contribution in [1.29, 1.82) is 0 Å². The SMILES string of the molecule is COc1cc(Nc2nc3n(n2)CCCN3c2ccc(F)c(F)c2)ccc1-c1ccc(C)[nH]1. The molecule has 0 radical (unpaired) electrons. The average molecular weight is 436 g/mol. The van der Waals surface area contributed by atoms with Crippen molar-refractivity contribution in [3.05, 3.63) is 65.9 Å². The van der Waals surface area contributed by atoms with Crippen LogP contribution in [0.1, 0.15) is 12.1 Å². The molecule has 0 spiro atoms. The number of aromatic amines is 1. The average Bonchev–Trinajstić information content (AvgIpc) is 3.41. The lowest BCUT2D eigenvalue weighted by Gasteiger charge is -2.27. The summed E-state index contributed by atoms with van der Waals surface area (Å²) in [5.74, 6) is -0.0529. The van der Waals surface area contributed by atoms with Crippen molar-refractivity contribution in [1.82, 2.24) is 19.7 Å². The molecular weight excluding hydrogens is 414 g/mol. The minimum Gasteiger partial charge on any atom is -0.496 e. The Balaban J connectivity index is 1.42. The third-order valence-electron chi connectivity index (χ3n) is 5.44. The molecule has 4 aromatic rings. The van der Waals surface area contributed by atoms with Gasteiger partial charge in [0.15, 0.2) is 11.6 Å². The molecule has 2 aromatic heterocycles. The van der Waals surface area contributed by atoms with Crippen LogP contribution in [0.2, 0.25) is 0 Å². The topological polar surface area (TPSA) is 71.0 Å².